The summed E-state index contributed by atoms with van der Waals surface area (Å²) in [5.74, 6) is 1.21. The van der Waals surface area contributed by atoms with Crippen molar-refractivity contribution in [2.75, 3.05) is 20.8 Å². The number of rotatable bonds is 10. The molecule has 0 saturated heterocycles. The molecule has 0 aliphatic carbocycles. The minimum absolute atomic E-state index is 0.143. The molecule has 0 spiro atoms. The highest BCUT2D eigenvalue weighted by molar-refractivity contribution is 7.89. The number of sulfonamides is 1. The molecule has 4 rings (SSSR count). The summed E-state index contributed by atoms with van der Waals surface area (Å²) in [4.78, 5) is 4.52. The van der Waals surface area contributed by atoms with Crippen molar-refractivity contribution in [3.8, 4) is 17.2 Å². The SMILES string of the molecule is COc1ccc(CCN(Cc2ccccn2)S(=O)(=O)c2ccc(-n3cnnn3)c(C)c2)cc1OC. The summed E-state index contributed by atoms with van der Waals surface area (Å²) < 4.78 is 41.1. The quantitative estimate of drug-likeness (QED) is 0.331. The second-order valence-corrected chi connectivity index (χ2v) is 9.74. The molecule has 0 radical (unpaired) electrons. The predicted molar refractivity (Wildman–Crippen MR) is 129 cm³/mol. The van der Waals surface area contributed by atoms with Crippen molar-refractivity contribution in [2.45, 2.75) is 24.8 Å². The lowest BCUT2D eigenvalue weighted by Gasteiger charge is -2.23. The highest BCUT2D eigenvalue weighted by atomic mass is 32.2. The molecular formula is C24H26N6O4S. The van der Waals surface area contributed by atoms with Crippen LogP contribution in [0, 0.1) is 6.92 Å². The highest BCUT2D eigenvalue weighted by Crippen LogP contribution is 2.28. The summed E-state index contributed by atoms with van der Waals surface area (Å²) in [6, 6.07) is 15.9. The van der Waals surface area contributed by atoms with Crippen LogP contribution in [-0.2, 0) is 23.0 Å². The first kappa shape index (κ1) is 24.3. The molecule has 10 nitrogen and oxygen atoms in total. The number of tetrazole rings is 1. The maximum absolute atomic E-state index is 13.7. The molecule has 2 heterocycles. The first-order valence-corrected chi connectivity index (χ1v) is 12.3. The summed E-state index contributed by atoms with van der Waals surface area (Å²) in [6.07, 6.45) is 3.60. The van der Waals surface area contributed by atoms with Crippen molar-refractivity contribution in [2.24, 2.45) is 0 Å². The van der Waals surface area contributed by atoms with E-state index in [4.69, 9.17) is 9.47 Å². The Balaban J connectivity index is 1.63. The Hall–Kier alpha value is -3.83. The number of aryl methyl sites for hydroxylation is 1. The van der Waals surface area contributed by atoms with Crippen molar-refractivity contribution in [1.82, 2.24) is 29.5 Å². The van der Waals surface area contributed by atoms with Gasteiger partial charge in [0.05, 0.1) is 37.0 Å². The van der Waals surface area contributed by atoms with Crippen LogP contribution in [0.15, 0.2) is 72.0 Å². The Labute approximate surface area is 204 Å². The van der Waals surface area contributed by atoms with Gasteiger partial charge in [-0.05, 0) is 77.4 Å². The second kappa shape index (κ2) is 10.6. The van der Waals surface area contributed by atoms with Crippen molar-refractivity contribution < 1.29 is 17.9 Å². The van der Waals surface area contributed by atoms with Crippen LogP contribution >= 0.6 is 0 Å². The van der Waals surface area contributed by atoms with E-state index in [0.717, 1.165) is 11.1 Å². The maximum Gasteiger partial charge on any atom is 0.243 e. The van der Waals surface area contributed by atoms with E-state index in [9.17, 15) is 8.42 Å². The van der Waals surface area contributed by atoms with E-state index in [1.807, 2.05) is 37.3 Å². The number of pyridine rings is 1. The van der Waals surface area contributed by atoms with E-state index in [1.165, 1.54) is 15.3 Å². The lowest BCUT2D eigenvalue weighted by molar-refractivity contribution is 0.354. The molecule has 4 aromatic rings. The molecule has 0 fully saturated rings. The smallest absolute Gasteiger partial charge is 0.243 e. The van der Waals surface area contributed by atoms with Crippen LogP contribution in [0.3, 0.4) is 0 Å². The summed E-state index contributed by atoms with van der Waals surface area (Å²) in [7, 11) is -0.684. The van der Waals surface area contributed by atoms with Crippen LogP contribution in [0.1, 0.15) is 16.8 Å². The molecule has 0 amide bonds. The van der Waals surface area contributed by atoms with E-state index in [2.05, 4.69) is 20.5 Å². The molecule has 182 valence electrons. The van der Waals surface area contributed by atoms with Gasteiger partial charge in [-0.3, -0.25) is 4.98 Å². The maximum atomic E-state index is 13.7. The van der Waals surface area contributed by atoms with Crippen LogP contribution in [0.4, 0.5) is 0 Å². The summed E-state index contributed by atoms with van der Waals surface area (Å²) in [5, 5.41) is 11.2. The van der Waals surface area contributed by atoms with Gasteiger partial charge in [0.25, 0.3) is 0 Å². The van der Waals surface area contributed by atoms with Crippen LogP contribution in [0.25, 0.3) is 5.69 Å². The summed E-state index contributed by atoms with van der Waals surface area (Å²) >= 11 is 0. The molecule has 0 N–H and O–H groups in total. The molecule has 0 atom stereocenters. The molecule has 0 bridgehead atoms. The lowest BCUT2D eigenvalue weighted by Crippen LogP contribution is -2.33. The minimum atomic E-state index is -3.83. The Morgan fingerprint density at radius 3 is 2.49 bits per heavy atom. The molecule has 2 aromatic heterocycles. The minimum Gasteiger partial charge on any atom is -0.493 e. The molecule has 35 heavy (non-hydrogen) atoms. The molecule has 0 saturated carbocycles. The van der Waals surface area contributed by atoms with E-state index in [-0.39, 0.29) is 18.0 Å². The molecule has 2 aromatic carbocycles. The second-order valence-electron chi connectivity index (χ2n) is 7.80. The van der Waals surface area contributed by atoms with Gasteiger partial charge in [-0.1, -0.05) is 12.1 Å². The molecule has 0 unspecified atom stereocenters. The van der Waals surface area contributed by atoms with Crippen LogP contribution in [0.2, 0.25) is 0 Å². The van der Waals surface area contributed by atoms with Gasteiger partial charge in [0.15, 0.2) is 11.5 Å². The highest BCUT2D eigenvalue weighted by Gasteiger charge is 2.26. The number of hydrogen-bond donors (Lipinski definition) is 0. The first-order valence-electron chi connectivity index (χ1n) is 10.9. The van der Waals surface area contributed by atoms with Crippen LogP contribution in [0.5, 0.6) is 11.5 Å². The first-order chi connectivity index (χ1) is 16.9. The van der Waals surface area contributed by atoms with E-state index >= 15 is 0 Å². The summed E-state index contributed by atoms with van der Waals surface area (Å²) in [6.45, 7) is 2.22. The lowest BCUT2D eigenvalue weighted by atomic mass is 10.1. The number of benzene rings is 2. The fraction of sp³-hybridized carbons (Fsp3) is 0.250. The number of hydrogen-bond acceptors (Lipinski definition) is 8. The monoisotopic (exact) mass is 494 g/mol. The number of nitrogens with zero attached hydrogens (tertiary/aromatic N) is 6. The zero-order valence-corrected chi connectivity index (χ0v) is 20.5. The number of ether oxygens (including phenoxy) is 2. The van der Waals surface area contributed by atoms with E-state index < -0.39 is 10.0 Å². The largest absolute Gasteiger partial charge is 0.493 e. The van der Waals surface area contributed by atoms with Gasteiger partial charge in [-0.25, -0.2) is 13.1 Å². The van der Waals surface area contributed by atoms with Crippen molar-refractivity contribution >= 4 is 10.0 Å². The third-order valence-corrected chi connectivity index (χ3v) is 7.41. The van der Waals surface area contributed by atoms with Crippen LogP contribution < -0.4 is 9.47 Å². The Bertz CT molecular complexity index is 1380. The average Bonchev–Trinajstić information content (AvgIpc) is 3.41. The van der Waals surface area contributed by atoms with Crippen molar-refractivity contribution in [1.29, 1.82) is 0 Å². The van der Waals surface area contributed by atoms with Crippen LogP contribution in [-0.4, -0.2) is 58.7 Å². The molecule has 11 heteroatoms. The standard InChI is InChI=1S/C24H26N6O4S/c1-18-14-21(8-9-22(18)30-17-26-27-28-30)35(31,32)29(16-20-6-4-5-12-25-20)13-11-19-7-10-23(33-2)24(15-19)34-3/h4-10,12,14-15,17H,11,13,16H2,1-3H3. The zero-order chi connectivity index (χ0) is 24.8. The topological polar surface area (TPSA) is 112 Å². The summed E-state index contributed by atoms with van der Waals surface area (Å²) in [5.41, 5.74) is 3.02. The van der Waals surface area contributed by atoms with E-state index in [1.54, 1.807) is 44.7 Å². The average molecular weight is 495 g/mol. The van der Waals surface area contributed by atoms with Gasteiger partial charge in [0, 0.05) is 12.7 Å². The van der Waals surface area contributed by atoms with Crippen molar-refractivity contribution in [3.05, 3.63) is 83.9 Å². The Morgan fingerprint density at radius 2 is 1.83 bits per heavy atom. The Morgan fingerprint density at radius 1 is 1.00 bits per heavy atom. The molecular weight excluding hydrogens is 468 g/mol. The zero-order valence-electron chi connectivity index (χ0n) is 19.7. The molecule has 0 aliphatic heterocycles. The van der Waals surface area contributed by atoms with Gasteiger partial charge in [-0.15, -0.1) is 5.10 Å². The fourth-order valence-corrected chi connectivity index (χ4v) is 5.21. The third kappa shape index (κ3) is 5.47. The van der Waals surface area contributed by atoms with Gasteiger partial charge in [-0.2, -0.15) is 4.31 Å². The van der Waals surface area contributed by atoms with Crippen molar-refractivity contribution in [3.63, 3.8) is 0 Å². The van der Waals surface area contributed by atoms with Gasteiger partial charge >= 0.3 is 0 Å². The van der Waals surface area contributed by atoms with Gasteiger partial charge < -0.3 is 9.47 Å². The fourth-order valence-electron chi connectivity index (χ4n) is 3.71. The Kier molecular flexibility index (Phi) is 7.37. The van der Waals surface area contributed by atoms with Gasteiger partial charge in [0.2, 0.25) is 10.0 Å². The normalized spacial score (nSPS) is 11.5. The van der Waals surface area contributed by atoms with E-state index in [0.29, 0.717) is 29.3 Å². The third-order valence-electron chi connectivity index (χ3n) is 5.56. The molecule has 0 aliphatic rings. The predicted octanol–water partition coefficient (Wildman–Crippen LogP) is 2.82. The number of methoxy groups -OCH3 is 2. The number of aromatic nitrogens is 5. The van der Waals surface area contributed by atoms with Gasteiger partial charge in [0.1, 0.15) is 6.33 Å².